The number of nitrogens with zero attached hydrogens (tertiary/aromatic N) is 1. The van der Waals surface area contributed by atoms with Gasteiger partial charge in [0.1, 0.15) is 0 Å². The van der Waals surface area contributed by atoms with Crippen molar-refractivity contribution >= 4 is 29.0 Å². The number of anilines is 1. The summed E-state index contributed by atoms with van der Waals surface area (Å²) in [5, 5.41) is 7.09. The Morgan fingerprint density at radius 1 is 1.29 bits per heavy atom. The summed E-state index contributed by atoms with van der Waals surface area (Å²) in [6.07, 6.45) is -1.96. The molecule has 1 aromatic heterocycles. The lowest BCUT2D eigenvalue weighted by atomic mass is 10.1. The van der Waals surface area contributed by atoms with Crippen molar-refractivity contribution in [3.05, 3.63) is 36.0 Å². The van der Waals surface area contributed by atoms with Crippen molar-refractivity contribution in [3.63, 3.8) is 0 Å². The van der Waals surface area contributed by atoms with E-state index in [0.717, 1.165) is 25.6 Å². The monoisotopic (exact) mass is 317 g/mol. The number of hydrogen-bond donors (Lipinski definition) is 2. The number of nitrogens with one attached hydrogen (secondary N) is 2. The smallest absolute Gasteiger partial charge is 0.380 e. The van der Waals surface area contributed by atoms with E-state index in [4.69, 9.17) is 0 Å². The lowest BCUT2D eigenvalue weighted by Gasteiger charge is -2.17. The van der Waals surface area contributed by atoms with Crippen molar-refractivity contribution < 1.29 is 13.2 Å². The zero-order valence-electron chi connectivity index (χ0n) is 11.1. The quantitative estimate of drug-likeness (QED) is 0.891. The third-order valence-electron chi connectivity index (χ3n) is 3.47. The van der Waals surface area contributed by atoms with Crippen LogP contribution in [0, 0.1) is 0 Å². The van der Waals surface area contributed by atoms with Crippen LogP contribution in [0.25, 0.3) is 10.9 Å². The summed E-state index contributed by atoms with van der Waals surface area (Å²) in [6, 6.07) is 5.93. The standard InChI is InChI=1S/C14H14F3N3.ClH/c15-14(16,17)9-6-12-11(2-1-4-19-12)13(7-9)20-10-3-5-18-8-10;/h1-2,4,6-7,10,18,20H,3,5,8H2;1H/t10-;/m0./s1. The summed E-state index contributed by atoms with van der Waals surface area (Å²) in [7, 11) is 0. The van der Waals surface area contributed by atoms with Crippen LogP contribution in [0.15, 0.2) is 30.5 Å². The van der Waals surface area contributed by atoms with Crippen molar-refractivity contribution in [2.45, 2.75) is 18.6 Å². The fraction of sp³-hybridized carbons (Fsp3) is 0.357. The van der Waals surface area contributed by atoms with E-state index >= 15 is 0 Å². The van der Waals surface area contributed by atoms with Crippen LogP contribution in [0.3, 0.4) is 0 Å². The van der Waals surface area contributed by atoms with Crippen LogP contribution in [-0.2, 0) is 6.18 Å². The second kappa shape index (κ2) is 6.07. The second-order valence-electron chi connectivity index (χ2n) is 4.93. The number of pyridine rings is 1. The SMILES string of the molecule is Cl.FC(F)(F)c1cc(N[C@H]2CCNC2)c2cccnc2c1. The molecule has 2 N–H and O–H groups in total. The third kappa shape index (κ3) is 3.39. The maximum absolute atomic E-state index is 12.9. The molecule has 0 unspecified atom stereocenters. The summed E-state index contributed by atoms with van der Waals surface area (Å²) in [4.78, 5) is 4.03. The van der Waals surface area contributed by atoms with Crippen LogP contribution in [0.1, 0.15) is 12.0 Å². The van der Waals surface area contributed by atoms with Crippen LogP contribution in [0.4, 0.5) is 18.9 Å². The van der Waals surface area contributed by atoms with E-state index in [9.17, 15) is 13.2 Å². The lowest BCUT2D eigenvalue weighted by Crippen LogP contribution is -2.22. The molecule has 3 nitrogen and oxygen atoms in total. The van der Waals surface area contributed by atoms with Gasteiger partial charge in [-0.2, -0.15) is 13.2 Å². The van der Waals surface area contributed by atoms with Gasteiger partial charge in [-0.3, -0.25) is 4.98 Å². The molecule has 2 heterocycles. The minimum Gasteiger partial charge on any atom is -0.380 e. The Balaban J connectivity index is 0.00000161. The Bertz CT molecular complexity index is 624. The molecular weight excluding hydrogens is 303 g/mol. The molecule has 2 aromatic rings. The number of fused-ring (bicyclic) bond motifs is 1. The Morgan fingerprint density at radius 3 is 2.76 bits per heavy atom. The van der Waals surface area contributed by atoms with Gasteiger partial charge < -0.3 is 10.6 Å². The zero-order valence-corrected chi connectivity index (χ0v) is 11.9. The second-order valence-corrected chi connectivity index (χ2v) is 4.93. The van der Waals surface area contributed by atoms with Crippen LogP contribution in [-0.4, -0.2) is 24.1 Å². The number of benzene rings is 1. The predicted molar refractivity (Wildman–Crippen MR) is 78.9 cm³/mol. The molecule has 0 radical (unpaired) electrons. The van der Waals surface area contributed by atoms with Crippen LogP contribution >= 0.6 is 12.4 Å². The molecule has 0 amide bonds. The molecule has 0 bridgehead atoms. The molecule has 1 aliphatic heterocycles. The summed E-state index contributed by atoms with van der Waals surface area (Å²) >= 11 is 0. The predicted octanol–water partition coefficient (Wildman–Crippen LogP) is 3.45. The zero-order chi connectivity index (χ0) is 14.2. The molecule has 114 valence electrons. The molecule has 0 saturated carbocycles. The van der Waals surface area contributed by atoms with E-state index < -0.39 is 11.7 Å². The molecule has 0 spiro atoms. The Labute approximate surface area is 126 Å². The van der Waals surface area contributed by atoms with Crippen molar-refractivity contribution in [1.82, 2.24) is 10.3 Å². The van der Waals surface area contributed by atoms with Crippen molar-refractivity contribution in [3.8, 4) is 0 Å². The molecule has 1 atom stereocenters. The van der Waals surface area contributed by atoms with Gasteiger partial charge in [-0.1, -0.05) is 0 Å². The summed E-state index contributed by atoms with van der Waals surface area (Å²) < 4.78 is 38.8. The van der Waals surface area contributed by atoms with Gasteiger partial charge in [0.2, 0.25) is 0 Å². The maximum atomic E-state index is 12.9. The van der Waals surface area contributed by atoms with E-state index in [1.165, 1.54) is 12.3 Å². The molecule has 21 heavy (non-hydrogen) atoms. The Hall–Kier alpha value is -1.53. The highest BCUT2D eigenvalue weighted by Crippen LogP contribution is 2.35. The van der Waals surface area contributed by atoms with E-state index in [-0.39, 0.29) is 18.4 Å². The highest BCUT2D eigenvalue weighted by molar-refractivity contribution is 5.92. The van der Waals surface area contributed by atoms with Gasteiger partial charge in [0.05, 0.1) is 11.1 Å². The molecule has 1 saturated heterocycles. The van der Waals surface area contributed by atoms with Crippen molar-refractivity contribution in [2.24, 2.45) is 0 Å². The van der Waals surface area contributed by atoms with E-state index in [1.54, 1.807) is 12.1 Å². The average Bonchev–Trinajstić information content (AvgIpc) is 2.90. The summed E-state index contributed by atoms with van der Waals surface area (Å²) in [5.41, 5.74) is 0.185. The van der Waals surface area contributed by atoms with Gasteiger partial charge in [-0.25, -0.2) is 0 Å². The number of aromatic nitrogens is 1. The fourth-order valence-corrected chi connectivity index (χ4v) is 2.46. The number of rotatable bonds is 2. The van der Waals surface area contributed by atoms with Crippen LogP contribution in [0.5, 0.6) is 0 Å². The number of hydrogen-bond acceptors (Lipinski definition) is 3. The van der Waals surface area contributed by atoms with Gasteiger partial charge in [-0.05, 0) is 37.2 Å². The van der Waals surface area contributed by atoms with Gasteiger partial charge in [-0.15, -0.1) is 12.4 Å². The first kappa shape index (κ1) is 15.9. The first-order valence-corrected chi connectivity index (χ1v) is 6.47. The third-order valence-corrected chi connectivity index (χ3v) is 3.47. The maximum Gasteiger partial charge on any atom is 0.416 e. The summed E-state index contributed by atoms with van der Waals surface area (Å²) in [6.45, 7) is 1.64. The summed E-state index contributed by atoms with van der Waals surface area (Å²) in [5.74, 6) is 0. The molecule has 1 aliphatic rings. The largest absolute Gasteiger partial charge is 0.416 e. The Morgan fingerprint density at radius 2 is 2.10 bits per heavy atom. The minimum absolute atomic E-state index is 0. The van der Waals surface area contributed by atoms with Crippen LogP contribution in [0.2, 0.25) is 0 Å². The highest BCUT2D eigenvalue weighted by atomic mass is 35.5. The highest BCUT2D eigenvalue weighted by Gasteiger charge is 2.31. The minimum atomic E-state index is -4.37. The lowest BCUT2D eigenvalue weighted by molar-refractivity contribution is -0.137. The first-order chi connectivity index (χ1) is 9.54. The Kier molecular flexibility index (Phi) is 4.58. The molecule has 7 heteroatoms. The first-order valence-electron chi connectivity index (χ1n) is 6.47. The topological polar surface area (TPSA) is 37.0 Å². The van der Waals surface area contributed by atoms with E-state index in [1.807, 2.05) is 0 Å². The number of alkyl halides is 3. The normalized spacial score (nSPS) is 18.5. The molecular formula is C14H15ClF3N3. The van der Waals surface area contributed by atoms with Gasteiger partial charge in [0.25, 0.3) is 0 Å². The fourth-order valence-electron chi connectivity index (χ4n) is 2.46. The van der Waals surface area contributed by atoms with Gasteiger partial charge in [0, 0.05) is 29.9 Å². The van der Waals surface area contributed by atoms with Crippen molar-refractivity contribution in [1.29, 1.82) is 0 Å². The molecule has 1 fully saturated rings. The number of halogens is 4. The van der Waals surface area contributed by atoms with Crippen LogP contribution < -0.4 is 10.6 Å². The van der Waals surface area contributed by atoms with E-state index in [2.05, 4.69) is 15.6 Å². The van der Waals surface area contributed by atoms with E-state index in [0.29, 0.717) is 16.6 Å². The van der Waals surface area contributed by atoms with Crippen molar-refractivity contribution in [2.75, 3.05) is 18.4 Å². The molecule has 1 aromatic carbocycles. The average molecular weight is 318 g/mol. The molecule has 0 aliphatic carbocycles. The van der Waals surface area contributed by atoms with Gasteiger partial charge in [0.15, 0.2) is 0 Å². The van der Waals surface area contributed by atoms with Gasteiger partial charge >= 0.3 is 6.18 Å². The molecule has 3 rings (SSSR count).